The normalized spacial score (nSPS) is 16.4. The zero-order valence-electron chi connectivity index (χ0n) is 22.3. The number of carbonyl (C=O) groups excluding carboxylic acids is 1. The number of rotatable bonds is 8. The summed E-state index contributed by atoms with van der Waals surface area (Å²) in [7, 11) is -2.22. The molecule has 5 rings (SSSR count). The van der Waals surface area contributed by atoms with Gasteiger partial charge in [-0.15, -0.1) is 0 Å². The number of ether oxygens (including phenoxy) is 1. The van der Waals surface area contributed by atoms with E-state index in [1.807, 2.05) is 26.1 Å². The van der Waals surface area contributed by atoms with Gasteiger partial charge in [0.1, 0.15) is 11.6 Å². The van der Waals surface area contributed by atoms with E-state index in [2.05, 4.69) is 25.7 Å². The van der Waals surface area contributed by atoms with E-state index >= 15 is 0 Å². The molecule has 214 valence electrons. The van der Waals surface area contributed by atoms with Gasteiger partial charge >= 0.3 is 0 Å². The molecule has 1 aromatic heterocycles. The Labute approximate surface area is 231 Å². The summed E-state index contributed by atoms with van der Waals surface area (Å²) in [5.41, 5.74) is 3.25. The molecular weight excluding hydrogens is 542 g/mol. The zero-order chi connectivity index (χ0) is 28.4. The van der Waals surface area contributed by atoms with Crippen molar-refractivity contribution in [2.45, 2.75) is 43.7 Å². The lowest BCUT2D eigenvalue weighted by atomic mass is 10.1. The fourth-order valence-electron chi connectivity index (χ4n) is 4.91. The number of hydrogen-bond acceptors (Lipinski definition) is 7. The molecule has 0 bridgehead atoms. The number of anilines is 3. The maximum atomic E-state index is 13.8. The van der Waals surface area contributed by atoms with E-state index in [0.29, 0.717) is 48.2 Å². The first kappa shape index (κ1) is 28.0. The van der Waals surface area contributed by atoms with Crippen LogP contribution in [0.1, 0.15) is 41.4 Å². The molecule has 0 aliphatic carbocycles. The first-order valence-electron chi connectivity index (χ1n) is 13.2. The molecule has 1 saturated heterocycles. The van der Waals surface area contributed by atoms with Crippen LogP contribution in [0, 0.1) is 11.6 Å². The number of carbonyl (C=O) groups is 1. The van der Waals surface area contributed by atoms with E-state index in [1.165, 1.54) is 0 Å². The van der Waals surface area contributed by atoms with Gasteiger partial charge in [-0.1, -0.05) is 0 Å². The van der Waals surface area contributed by atoms with Crippen molar-refractivity contribution >= 4 is 33.1 Å². The molecule has 0 spiro atoms. The molecule has 40 heavy (non-hydrogen) atoms. The van der Waals surface area contributed by atoms with Crippen molar-refractivity contribution in [2.75, 3.05) is 48.9 Å². The highest BCUT2D eigenvalue weighted by atomic mass is 32.2. The molecule has 1 fully saturated rings. The van der Waals surface area contributed by atoms with Crippen LogP contribution in [0.3, 0.4) is 0 Å². The van der Waals surface area contributed by atoms with E-state index in [-0.39, 0.29) is 24.9 Å². The predicted octanol–water partition coefficient (Wildman–Crippen LogP) is 3.73. The quantitative estimate of drug-likeness (QED) is 0.375. The average Bonchev–Trinajstić information content (AvgIpc) is 3.34. The second-order valence-electron chi connectivity index (χ2n) is 9.95. The fourth-order valence-corrected chi connectivity index (χ4v) is 6.36. The van der Waals surface area contributed by atoms with Gasteiger partial charge in [0, 0.05) is 81.1 Å². The van der Waals surface area contributed by atoms with Crippen LogP contribution in [0.25, 0.3) is 0 Å². The van der Waals surface area contributed by atoms with E-state index in [0.717, 1.165) is 41.5 Å². The van der Waals surface area contributed by atoms with Crippen molar-refractivity contribution in [3.05, 3.63) is 64.9 Å². The van der Waals surface area contributed by atoms with Crippen molar-refractivity contribution in [1.82, 2.24) is 14.5 Å². The molecular formula is C27H32F2N6O4S. The number of aromatic amines is 1. The van der Waals surface area contributed by atoms with Crippen molar-refractivity contribution < 1.29 is 26.7 Å². The Bertz CT molecular complexity index is 1490. The number of amides is 1. The number of nitrogens with one attached hydrogen (secondary N) is 3. The number of nitrogens with zero attached hydrogens (tertiary/aromatic N) is 3. The topological polar surface area (TPSA) is 120 Å². The Balaban J connectivity index is 1.39. The number of H-pyrrole nitrogens is 1. The third-order valence-electron chi connectivity index (χ3n) is 7.35. The summed E-state index contributed by atoms with van der Waals surface area (Å²) < 4.78 is 60.5. The Morgan fingerprint density at radius 1 is 1.18 bits per heavy atom. The van der Waals surface area contributed by atoms with Crippen LogP contribution in [-0.4, -0.2) is 68.2 Å². The van der Waals surface area contributed by atoms with Crippen molar-refractivity contribution in [1.29, 1.82) is 0 Å². The van der Waals surface area contributed by atoms with Gasteiger partial charge in [0.2, 0.25) is 10.0 Å². The second-order valence-corrected chi connectivity index (χ2v) is 11.9. The Morgan fingerprint density at radius 2 is 1.90 bits per heavy atom. The first-order valence-corrected chi connectivity index (χ1v) is 14.6. The Kier molecular flexibility index (Phi) is 8.06. The molecule has 3 heterocycles. The minimum atomic E-state index is -4.19. The fraction of sp³-hybridized carbons (Fsp3) is 0.407. The number of fused-ring (bicyclic) bond motifs is 1. The van der Waals surface area contributed by atoms with Gasteiger partial charge in [-0.2, -0.15) is 9.40 Å². The highest BCUT2D eigenvalue weighted by Crippen LogP contribution is 2.31. The summed E-state index contributed by atoms with van der Waals surface area (Å²) in [5, 5.41) is 13.5. The molecule has 0 radical (unpaired) electrons. The summed E-state index contributed by atoms with van der Waals surface area (Å²) in [6.45, 7) is 4.11. The molecule has 2 aromatic carbocycles. The van der Waals surface area contributed by atoms with Crippen LogP contribution < -0.4 is 15.5 Å². The van der Waals surface area contributed by atoms with Gasteiger partial charge in [-0.05, 0) is 50.1 Å². The number of benzene rings is 2. The minimum absolute atomic E-state index is 0.0919. The van der Waals surface area contributed by atoms with E-state index in [9.17, 15) is 22.0 Å². The summed E-state index contributed by atoms with van der Waals surface area (Å²) in [5.74, 6) is -2.15. The SMILES string of the molecule is CCN(C)c1ccc(C(=O)Nc2n[nH]c3c2CN(S(=O)(=O)c2cc(F)cc(F)c2)CC3)c(NC2CCOCC2)c1. The minimum Gasteiger partial charge on any atom is -0.381 e. The van der Waals surface area contributed by atoms with Crippen molar-refractivity contribution in [2.24, 2.45) is 0 Å². The van der Waals surface area contributed by atoms with Gasteiger partial charge in [-0.3, -0.25) is 9.89 Å². The highest BCUT2D eigenvalue weighted by molar-refractivity contribution is 7.89. The lowest BCUT2D eigenvalue weighted by Crippen LogP contribution is -2.36. The second kappa shape index (κ2) is 11.5. The van der Waals surface area contributed by atoms with Crippen LogP contribution in [0.2, 0.25) is 0 Å². The molecule has 3 N–H and O–H groups in total. The van der Waals surface area contributed by atoms with Crippen LogP contribution in [0.5, 0.6) is 0 Å². The smallest absolute Gasteiger partial charge is 0.258 e. The van der Waals surface area contributed by atoms with Crippen LogP contribution >= 0.6 is 0 Å². The number of sulfonamides is 1. The van der Waals surface area contributed by atoms with Gasteiger partial charge in [0.05, 0.1) is 10.5 Å². The predicted molar refractivity (Wildman–Crippen MR) is 147 cm³/mol. The summed E-state index contributed by atoms with van der Waals surface area (Å²) in [6.07, 6.45) is 1.94. The van der Waals surface area contributed by atoms with E-state index in [1.54, 1.807) is 6.07 Å². The van der Waals surface area contributed by atoms with Crippen molar-refractivity contribution in [3.63, 3.8) is 0 Å². The van der Waals surface area contributed by atoms with Crippen LogP contribution in [0.4, 0.5) is 26.0 Å². The lowest BCUT2D eigenvalue weighted by molar-refractivity contribution is 0.0904. The Hall–Kier alpha value is -3.55. The van der Waals surface area contributed by atoms with Gasteiger partial charge < -0.3 is 20.3 Å². The first-order chi connectivity index (χ1) is 19.2. The molecule has 2 aliphatic rings. The maximum absolute atomic E-state index is 13.8. The number of halogens is 2. The maximum Gasteiger partial charge on any atom is 0.258 e. The van der Waals surface area contributed by atoms with Gasteiger partial charge in [-0.25, -0.2) is 17.2 Å². The molecule has 3 aromatic rings. The average molecular weight is 575 g/mol. The van der Waals surface area contributed by atoms with Crippen LogP contribution in [0.15, 0.2) is 41.3 Å². The standard InChI is InChI=1S/C27H32F2N6O4S/c1-3-34(2)20-4-5-22(25(15-20)30-19-7-10-39-11-8-19)27(36)31-26-23-16-35(9-6-24(23)32-33-26)40(37,38)21-13-17(28)12-18(29)14-21/h4-5,12-15,19,30H,3,6-11,16H2,1-2H3,(H2,31,32,33,36). The Morgan fingerprint density at radius 3 is 2.60 bits per heavy atom. The van der Waals surface area contributed by atoms with E-state index in [4.69, 9.17) is 4.74 Å². The van der Waals surface area contributed by atoms with Crippen molar-refractivity contribution in [3.8, 4) is 0 Å². The number of hydrogen-bond donors (Lipinski definition) is 3. The molecule has 0 saturated carbocycles. The molecule has 2 aliphatic heterocycles. The molecule has 0 atom stereocenters. The highest BCUT2D eigenvalue weighted by Gasteiger charge is 2.32. The third-order valence-corrected chi connectivity index (χ3v) is 9.17. The molecule has 10 nitrogen and oxygen atoms in total. The van der Waals surface area contributed by atoms with Gasteiger partial charge in [0.15, 0.2) is 5.82 Å². The number of aromatic nitrogens is 2. The summed E-state index contributed by atoms with van der Waals surface area (Å²) >= 11 is 0. The van der Waals surface area contributed by atoms with E-state index < -0.39 is 32.5 Å². The zero-order valence-corrected chi connectivity index (χ0v) is 23.2. The third kappa shape index (κ3) is 5.81. The largest absolute Gasteiger partial charge is 0.381 e. The monoisotopic (exact) mass is 574 g/mol. The summed E-state index contributed by atoms with van der Waals surface area (Å²) in [4.78, 5) is 15.1. The lowest BCUT2D eigenvalue weighted by Gasteiger charge is -2.27. The molecule has 0 unspecified atom stereocenters. The van der Waals surface area contributed by atoms with Gasteiger partial charge in [0.25, 0.3) is 5.91 Å². The molecule has 13 heteroatoms. The summed E-state index contributed by atoms with van der Waals surface area (Å²) in [6, 6.07) is 7.94. The molecule has 1 amide bonds. The van der Waals surface area contributed by atoms with Crippen LogP contribution in [-0.2, 0) is 27.7 Å².